The topological polar surface area (TPSA) is 42.0 Å². The highest BCUT2D eigenvalue weighted by molar-refractivity contribution is 6.34. The van der Waals surface area contributed by atoms with E-state index in [1.807, 2.05) is 0 Å². The molecule has 3 rings (SSSR count). The van der Waals surface area contributed by atoms with E-state index in [-0.39, 0.29) is 21.3 Å². The number of nitrogens with one attached hydrogen (secondary N) is 1. The normalized spacial score (nSPS) is 11.4. The van der Waals surface area contributed by atoms with E-state index < -0.39 is 23.5 Å². The van der Waals surface area contributed by atoms with Crippen molar-refractivity contribution >= 4 is 34.8 Å². The van der Waals surface area contributed by atoms with Crippen LogP contribution in [0.15, 0.2) is 54.7 Å². The van der Waals surface area contributed by atoms with Crippen LogP contribution in [0, 0.1) is 5.82 Å². The number of rotatable bonds is 3. The van der Waals surface area contributed by atoms with E-state index in [1.54, 1.807) is 0 Å². The lowest BCUT2D eigenvalue weighted by molar-refractivity contribution is -0.137. The Kier molecular flexibility index (Phi) is 5.58. The van der Waals surface area contributed by atoms with Gasteiger partial charge in [-0.15, -0.1) is 0 Å². The predicted molar refractivity (Wildman–Crippen MR) is 99.0 cm³/mol. The van der Waals surface area contributed by atoms with Gasteiger partial charge in [-0.3, -0.25) is 9.78 Å². The molecule has 3 aromatic rings. The van der Waals surface area contributed by atoms with Crippen molar-refractivity contribution in [1.82, 2.24) is 4.98 Å². The molecule has 2 aromatic carbocycles. The number of carbonyl (C=O) groups excluding carboxylic acids is 1. The first-order chi connectivity index (χ1) is 13.1. The summed E-state index contributed by atoms with van der Waals surface area (Å²) in [7, 11) is 0. The van der Waals surface area contributed by atoms with E-state index >= 15 is 0 Å². The van der Waals surface area contributed by atoms with Gasteiger partial charge in [-0.1, -0.05) is 23.2 Å². The van der Waals surface area contributed by atoms with E-state index in [0.29, 0.717) is 17.4 Å². The number of carbonyl (C=O) groups is 1. The molecule has 0 radical (unpaired) electrons. The minimum atomic E-state index is -4.50. The zero-order chi connectivity index (χ0) is 20.5. The molecule has 0 bridgehead atoms. The SMILES string of the molecule is O=C(Nc1ccc(Cl)c(-c2ccc(C(F)(F)F)cn2)c1)c1ccc(F)cc1Cl. The second-order valence-electron chi connectivity index (χ2n) is 5.70. The molecule has 0 atom stereocenters. The molecule has 0 spiro atoms. The molecule has 9 heteroatoms. The highest BCUT2D eigenvalue weighted by Gasteiger charge is 2.30. The number of alkyl halides is 3. The molecule has 1 heterocycles. The van der Waals surface area contributed by atoms with Crippen LogP contribution >= 0.6 is 23.2 Å². The number of hydrogen-bond donors (Lipinski definition) is 1. The molecule has 0 unspecified atom stereocenters. The summed E-state index contributed by atoms with van der Waals surface area (Å²) in [5, 5.41) is 2.76. The Balaban J connectivity index is 1.88. The van der Waals surface area contributed by atoms with E-state index in [0.717, 1.165) is 18.2 Å². The zero-order valence-corrected chi connectivity index (χ0v) is 15.3. The summed E-state index contributed by atoms with van der Waals surface area (Å²) in [6, 6.07) is 9.86. The molecule has 0 aliphatic carbocycles. The van der Waals surface area contributed by atoms with Crippen molar-refractivity contribution in [1.29, 1.82) is 0 Å². The van der Waals surface area contributed by atoms with Crippen molar-refractivity contribution in [3.05, 3.63) is 81.7 Å². The van der Waals surface area contributed by atoms with E-state index in [1.165, 1.54) is 30.3 Å². The predicted octanol–water partition coefficient (Wildman–Crippen LogP) is 6.47. The number of pyridine rings is 1. The van der Waals surface area contributed by atoms with Gasteiger partial charge in [0.1, 0.15) is 5.82 Å². The van der Waals surface area contributed by atoms with Crippen LogP contribution < -0.4 is 5.32 Å². The van der Waals surface area contributed by atoms with E-state index in [9.17, 15) is 22.4 Å². The van der Waals surface area contributed by atoms with Gasteiger partial charge in [0.15, 0.2) is 0 Å². The number of nitrogens with zero attached hydrogens (tertiary/aromatic N) is 1. The van der Waals surface area contributed by atoms with Gasteiger partial charge in [0.2, 0.25) is 0 Å². The lowest BCUT2D eigenvalue weighted by Crippen LogP contribution is -2.12. The third kappa shape index (κ3) is 4.43. The molecule has 1 aromatic heterocycles. The maximum atomic E-state index is 13.1. The highest BCUT2D eigenvalue weighted by atomic mass is 35.5. The summed E-state index contributed by atoms with van der Waals surface area (Å²) in [5.41, 5.74) is 0.0220. The fourth-order valence-electron chi connectivity index (χ4n) is 2.39. The molecule has 1 amide bonds. The average molecular weight is 429 g/mol. The van der Waals surface area contributed by atoms with Gasteiger partial charge in [0.25, 0.3) is 5.91 Å². The van der Waals surface area contributed by atoms with Crippen LogP contribution in [0.3, 0.4) is 0 Å². The first-order valence-corrected chi connectivity index (χ1v) is 8.50. The van der Waals surface area contributed by atoms with Gasteiger partial charge < -0.3 is 5.32 Å². The van der Waals surface area contributed by atoms with Crippen molar-refractivity contribution in [2.75, 3.05) is 5.32 Å². The molecular weight excluding hydrogens is 419 g/mol. The Hall–Kier alpha value is -2.64. The Morgan fingerprint density at radius 1 is 0.964 bits per heavy atom. The molecule has 0 saturated heterocycles. The molecule has 0 aliphatic heterocycles. The summed E-state index contributed by atoms with van der Waals surface area (Å²) < 4.78 is 51.2. The van der Waals surface area contributed by atoms with Gasteiger partial charge in [-0.2, -0.15) is 13.2 Å². The lowest BCUT2D eigenvalue weighted by atomic mass is 10.1. The third-order valence-corrected chi connectivity index (χ3v) is 4.41. The Morgan fingerprint density at radius 2 is 1.71 bits per heavy atom. The maximum Gasteiger partial charge on any atom is 0.417 e. The van der Waals surface area contributed by atoms with Crippen LogP contribution in [0.1, 0.15) is 15.9 Å². The highest BCUT2D eigenvalue weighted by Crippen LogP contribution is 2.33. The minimum absolute atomic E-state index is 0.0592. The second kappa shape index (κ2) is 7.77. The zero-order valence-electron chi connectivity index (χ0n) is 13.8. The number of benzene rings is 2. The molecule has 144 valence electrons. The van der Waals surface area contributed by atoms with Gasteiger partial charge in [0.05, 0.1) is 26.9 Å². The Morgan fingerprint density at radius 3 is 2.32 bits per heavy atom. The monoisotopic (exact) mass is 428 g/mol. The van der Waals surface area contributed by atoms with Gasteiger partial charge in [-0.25, -0.2) is 4.39 Å². The summed E-state index contributed by atoms with van der Waals surface area (Å²) in [6.45, 7) is 0. The number of aromatic nitrogens is 1. The van der Waals surface area contributed by atoms with Crippen LogP contribution in [0.4, 0.5) is 23.2 Å². The van der Waals surface area contributed by atoms with Crippen molar-refractivity contribution < 1.29 is 22.4 Å². The number of hydrogen-bond acceptors (Lipinski definition) is 2. The first-order valence-electron chi connectivity index (χ1n) is 7.75. The van der Waals surface area contributed by atoms with Gasteiger partial charge in [0, 0.05) is 17.4 Å². The fraction of sp³-hybridized carbons (Fsp3) is 0.0526. The quantitative estimate of drug-likeness (QED) is 0.486. The number of amides is 1. The molecular formula is C19H10Cl2F4N2O. The molecule has 0 saturated carbocycles. The molecule has 28 heavy (non-hydrogen) atoms. The van der Waals surface area contributed by atoms with Crippen LogP contribution in [0.2, 0.25) is 10.0 Å². The molecule has 1 N–H and O–H groups in total. The summed E-state index contributed by atoms with van der Waals surface area (Å²) in [6.07, 6.45) is -3.80. The van der Waals surface area contributed by atoms with Crippen LogP contribution in [0.5, 0.6) is 0 Å². The summed E-state index contributed by atoms with van der Waals surface area (Å²) >= 11 is 12.0. The standard InChI is InChI=1S/C19H10Cl2F4N2O/c20-15-5-3-12(27-18(28)13-4-2-11(22)7-16(13)21)8-14(15)17-6-1-10(9-26-17)19(23,24)25/h1-9H,(H,27,28). The van der Waals surface area contributed by atoms with E-state index in [2.05, 4.69) is 10.3 Å². The lowest BCUT2D eigenvalue weighted by Gasteiger charge is -2.11. The van der Waals surface area contributed by atoms with Crippen LogP contribution in [0.25, 0.3) is 11.3 Å². The Labute approximate surface area is 166 Å². The van der Waals surface area contributed by atoms with Crippen molar-refractivity contribution in [2.45, 2.75) is 6.18 Å². The first kappa shape index (κ1) is 20.1. The smallest absolute Gasteiger partial charge is 0.322 e. The van der Waals surface area contributed by atoms with Gasteiger partial charge >= 0.3 is 6.18 Å². The van der Waals surface area contributed by atoms with Crippen LogP contribution in [-0.2, 0) is 6.18 Å². The van der Waals surface area contributed by atoms with Crippen molar-refractivity contribution in [3.8, 4) is 11.3 Å². The maximum absolute atomic E-state index is 13.1. The Bertz CT molecular complexity index is 1040. The average Bonchev–Trinajstić information content (AvgIpc) is 2.62. The van der Waals surface area contributed by atoms with Crippen molar-refractivity contribution in [2.24, 2.45) is 0 Å². The number of anilines is 1. The largest absolute Gasteiger partial charge is 0.417 e. The minimum Gasteiger partial charge on any atom is -0.322 e. The summed E-state index contributed by atoms with van der Waals surface area (Å²) in [4.78, 5) is 16.1. The van der Waals surface area contributed by atoms with Crippen molar-refractivity contribution in [3.63, 3.8) is 0 Å². The summed E-state index contributed by atoms with van der Waals surface area (Å²) in [5.74, 6) is -1.16. The molecule has 0 fully saturated rings. The molecule has 0 aliphatic rings. The fourth-order valence-corrected chi connectivity index (χ4v) is 2.86. The second-order valence-corrected chi connectivity index (χ2v) is 6.52. The van der Waals surface area contributed by atoms with E-state index in [4.69, 9.17) is 23.2 Å². The van der Waals surface area contributed by atoms with Crippen LogP contribution in [-0.4, -0.2) is 10.9 Å². The molecule has 3 nitrogen and oxygen atoms in total. The third-order valence-electron chi connectivity index (χ3n) is 3.77. The number of halogens is 6. The van der Waals surface area contributed by atoms with Gasteiger partial charge in [-0.05, 0) is 48.5 Å².